The van der Waals surface area contributed by atoms with E-state index in [9.17, 15) is 4.79 Å². The molecule has 0 saturated carbocycles. The Kier molecular flexibility index (Phi) is 6.24. The van der Waals surface area contributed by atoms with Gasteiger partial charge in [-0.05, 0) is 37.4 Å². The van der Waals surface area contributed by atoms with Crippen LogP contribution in [0.3, 0.4) is 0 Å². The molecule has 2 aliphatic heterocycles. The fourth-order valence-corrected chi connectivity index (χ4v) is 3.54. The Labute approximate surface area is 144 Å². The lowest BCUT2D eigenvalue weighted by atomic mass is 9.99. The quantitative estimate of drug-likeness (QED) is 0.859. The molecule has 0 spiro atoms. The molecule has 2 fully saturated rings. The number of piperidine rings is 1. The van der Waals surface area contributed by atoms with Gasteiger partial charge >= 0.3 is 0 Å². The zero-order chi connectivity index (χ0) is 16.8. The molecular weight excluding hydrogens is 302 g/mol. The van der Waals surface area contributed by atoms with E-state index in [1.54, 1.807) is 0 Å². The van der Waals surface area contributed by atoms with Gasteiger partial charge in [0.05, 0.1) is 18.6 Å². The smallest absolute Gasteiger partial charge is 0.224 e. The predicted octanol–water partition coefficient (Wildman–Crippen LogP) is 1.52. The van der Waals surface area contributed by atoms with Gasteiger partial charge in [0, 0.05) is 32.7 Å². The Morgan fingerprint density at radius 2 is 2.29 bits per heavy atom. The molecule has 5 nitrogen and oxygen atoms in total. The van der Waals surface area contributed by atoms with Crippen LogP contribution in [-0.4, -0.2) is 49.7 Å². The van der Waals surface area contributed by atoms with Crippen LogP contribution in [0.5, 0.6) is 0 Å². The third-order valence-corrected chi connectivity index (χ3v) is 4.86. The molecule has 0 aliphatic carbocycles. The minimum Gasteiger partial charge on any atom is -0.376 e. The largest absolute Gasteiger partial charge is 0.376 e. The molecule has 1 aromatic rings. The van der Waals surface area contributed by atoms with Gasteiger partial charge in [-0.25, -0.2) is 0 Å². The molecule has 0 radical (unpaired) electrons. The standard InChI is InChI=1S/C19H29N3O2/c1-15-13-22(8-9-24-15)14-17-5-2-4-16(10-17)11-21-19(23)18-6-3-7-20-12-18/h2,4-5,10,15,18,20H,3,6-9,11-14H2,1H3,(H,21,23). The lowest BCUT2D eigenvalue weighted by Crippen LogP contribution is -2.40. The van der Waals surface area contributed by atoms with E-state index in [-0.39, 0.29) is 11.8 Å². The molecular formula is C19H29N3O2. The van der Waals surface area contributed by atoms with Gasteiger partial charge in [0.25, 0.3) is 0 Å². The van der Waals surface area contributed by atoms with Gasteiger partial charge in [0.1, 0.15) is 0 Å². The molecule has 1 aromatic carbocycles. The van der Waals surface area contributed by atoms with E-state index in [0.717, 1.165) is 52.2 Å². The van der Waals surface area contributed by atoms with Crippen molar-refractivity contribution >= 4 is 5.91 Å². The number of rotatable bonds is 5. The molecule has 2 heterocycles. The lowest BCUT2D eigenvalue weighted by Gasteiger charge is -2.31. The van der Waals surface area contributed by atoms with Crippen molar-refractivity contribution in [2.45, 2.75) is 39.0 Å². The Morgan fingerprint density at radius 3 is 3.08 bits per heavy atom. The van der Waals surface area contributed by atoms with Crippen LogP contribution in [0.25, 0.3) is 0 Å². The summed E-state index contributed by atoms with van der Waals surface area (Å²) in [5.74, 6) is 0.298. The van der Waals surface area contributed by atoms with E-state index in [0.29, 0.717) is 12.6 Å². The van der Waals surface area contributed by atoms with E-state index in [1.807, 2.05) is 0 Å². The fourth-order valence-electron chi connectivity index (χ4n) is 3.54. The highest BCUT2D eigenvalue weighted by Crippen LogP contribution is 2.13. The predicted molar refractivity (Wildman–Crippen MR) is 94.6 cm³/mol. The average Bonchev–Trinajstić information content (AvgIpc) is 2.61. The molecule has 0 aromatic heterocycles. The van der Waals surface area contributed by atoms with Crippen LogP contribution in [0.15, 0.2) is 24.3 Å². The normalized spacial score (nSPS) is 25.4. The first-order valence-electron chi connectivity index (χ1n) is 9.11. The maximum atomic E-state index is 12.2. The Morgan fingerprint density at radius 1 is 1.42 bits per heavy atom. The highest BCUT2D eigenvalue weighted by molar-refractivity contribution is 5.78. The molecule has 2 aliphatic rings. The Hall–Kier alpha value is -1.43. The summed E-state index contributed by atoms with van der Waals surface area (Å²) >= 11 is 0. The molecule has 132 valence electrons. The van der Waals surface area contributed by atoms with Gasteiger partial charge < -0.3 is 15.4 Å². The van der Waals surface area contributed by atoms with E-state index < -0.39 is 0 Å². The number of nitrogens with one attached hydrogen (secondary N) is 2. The lowest BCUT2D eigenvalue weighted by molar-refractivity contribution is -0.125. The number of amides is 1. The third kappa shape index (κ3) is 5.03. The summed E-state index contributed by atoms with van der Waals surface area (Å²) in [6, 6.07) is 8.55. The Bertz CT molecular complexity index is 543. The van der Waals surface area contributed by atoms with Crippen molar-refractivity contribution in [2.24, 2.45) is 5.92 Å². The fraction of sp³-hybridized carbons (Fsp3) is 0.632. The zero-order valence-corrected chi connectivity index (χ0v) is 14.6. The monoisotopic (exact) mass is 331 g/mol. The number of hydrogen-bond donors (Lipinski definition) is 2. The number of carbonyl (C=O) groups excluding carboxylic acids is 1. The van der Waals surface area contributed by atoms with Crippen molar-refractivity contribution < 1.29 is 9.53 Å². The van der Waals surface area contributed by atoms with Crippen LogP contribution in [0.1, 0.15) is 30.9 Å². The molecule has 3 rings (SSSR count). The molecule has 2 N–H and O–H groups in total. The van der Waals surface area contributed by atoms with Crippen LogP contribution >= 0.6 is 0 Å². The van der Waals surface area contributed by atoms with Crippen LogP contribution in [-0.2, 0) is 22.6 Å². The van der Waals surface area contributed by atoms with Crippen LogP contribution in [0, 0.1) is 5.92 Å². The topological polar surface area (TPSA) is 53.6 Å². The van der Waals surface area contributed by atoms with Crippen molar-refractivity contribution in [3.8, 4) is 0 Å². The molecule has 2 unspecified atom stereocenters. The second-order valence-corrected chi connectivity index (χ2v) is 7.00. The van der Waals surface area contributed by atoms with Crippen LogP contribution in [0.4, 0.5) is 0 Å². The molecule has 2 saturated heterocycles. The van der Waals surface area contributed by atoms with Crippen LogP contribution < -0.4 is 10.6 Å². The van der Waals surface area contributed by atoms with Gasteiger partial charge in [0.15, 0.2) is 0 Å². The number of hydrogen-bond acceptors (Lipinski definition) is 4. The zero-order valence-electron chi connectivity index (χ0n) is 14.6. The van der Waals surface area contributed by atoms with E-state index in [1.165, 1.54) is 11.1 Å². The van der Waals surface area contributed by atoms with Crippen molar-refractivity contribution in [3.05, 3.63) is 35.4 Å². The van der Waals surface area contributed by atoms with Gasteiger partial charge in [-0.2, -0.15) is 0 Å². The number of benzene rings is 1. The first kappa shape index (κ1) is 17.4. The maximum Gasteiger partial charge on any atom is 0.224 e. The molecule has 5 heteroatoms. The van der Waals surface area contributed by atoms with E-state index >= 15 is 0 Å². The number of nitrogens with zero attached hydrogens (tertiary/aromatic N) is 1. The first-order chi connectivity index (χ1) is 11.7. The van der Waals surface area contributed by atoms with Gasteiger partial charge in [-0.1, -0.05) is 24.3 Å². The van der Waals surface area contributed by atoms with Crippen molar-refractivity contribution in [1.29, 1.82) is 0 Å². The highest BCUT2D eigenvalue weighted by Gasteiger charge is 2.20. The Balaban J connectivity index is 1.50. The molecule has 0 bridgehead atoms. The summed E-state index contributed by atoms with van der Waals surface area (Å²) in [7, 11) is 0. The van der Waals surface area contributed by atoms with Crippen LogP contribution in [0.2, 0.25) is 0 Å². The summed E-state index contributed by atoms with van der Waals surface area (Å²) in [6.07, 6.45) is 2.39. The molecule has 1 amide bonds. The summed E-state index contributed by atoms with van der Waals surface area (Å²) in [5.41, 5.74) is 2.47. The highest BCUT2D eigenvalue weighted by atomic mass is 16.5. The SMILES string of the molecule is CC1CN(Cc2cccc(CNC(=O)C3CCCNC3)c2)CCO1. The second-order valence-electron chi connectivity index (χ2n) is 7.00. The number of ether oxygens (including phenoxy) is 1. The summed E-state index contributed by atoms with van der Waals surface area (Å²) in [6.45, 7) is 8.30. The average molecular weight is 331 g/mol. The van der Waals surface area contributed by atoms with Crippen molar-refractivity contribution in [3.63, 3.8) is 0 Å². The summed E-state index contributed by atoms with van der Waals surface area (Å²) in [5, 5.41) is 6.39. The van der Waals surface area contributed by atoms with E-state index in [2.05, 4.69) is 46.7 Å². The minimum absolute atomic E-state index is 0.122. The third-order valence-electron chi connectivity index (χ3n) is 4.86. The van der Waals surface area contributed by atoms with E-state index in [4.69, 9.17) is 4.74 Å². The molecule has 2 atom stereocenters. The van der Waals surface area contributed by atoms with Gasteiger partial charge in [-0.15, -0.1) is 0 Å². The summed E-state index contributed by atoms with van der Waals surface area (Å²) < 4.78 is 5.60. The van der Waals surface area contributed by atoms with Gasteiger partial charge in [-0.3, -0.25) is 9.69 Å². The molecule has 24 heavy (non-hydrogen) atoms. The number of carbonyl (C=O) groups is 1. The summed E-state index contributed by atoms with van der Waals surface area (Å²) in [4.78, 5) is 14.7. The maximum absolute atomic E-state index is 12.2. The first-order valence-corrected chi connectivity index (χ1v) is 9.11. The number of morpholine rings is 1. The van der Waals surface area contributed by atoms with Crippen molar-refractivity contribution in [2.75, 3.05) is 32.8 Å². The van der Waals surface area contributed by atoms with Gasteiger partial charge in [0.2, 0.25) is 5.91 Å². The van der Waals surface area contributed by atoms with Crippen molar-refractivity contribution in [1.82, 2.24) is 15.5 Å². The second kappa shape index (κ2) is 8.60. The minimum atomic E-state index is 0.122.